The molecule has 0 bridgehead atoms. The average molecular weight is 317 g/mol. The Kier molecular flexibility index (Phi) is 5.00. The third kappa shape index (κ3) is 3.93. The standard InChI is InChI=1S/C15H12ClF3S/c16-12-6-8-13(9-7-12)20-15(19,14(17)18)10-11-4-2-1-3-5-11/h1-9,14H,10H2. The molecule has 0 aliphatic rings. The van der Waals surface area contributed by atoms with Gasteiger partial charge in [0.2, 0.25) is 5.00 Å². The number of rotatable bonds is 5. The van der Waals surface area contributed by atoms with E-state index in [2.05, 4.69) is 0 Å². The van der Waals surface area contributed by atoms with Crippen molar-refractivity contribution in [1.82, 2.24) is 0 Å². The van der Waals surface area contributed by atoms with E-state index in [1.807, 2.05) is 0 Å². The van der Waals surface area contributed by atoms with Gasteiger partial charge in [-0.25, -0.2) is 13.2 Å². The van der Waals surface area contributed by atoms with Gasteiger partial charge >= 0.3 is 0 Å². The number of hydrogen-bond donors (Lipinski definition) is 0. The number of thioether (sulfide) groups is 1. The number of benzene rings is 2. The molecule has 2 aromatic carbocycles. The summed E-state index contributed by atoms with van der Waals surface area (Å²) in [5.74, 6) is 0. The van der Waals surface area contributed by atoms with E-state index in [-0.39, 0.29) is 6.42 Å². The first kappa shape index (κ1) is 15.3. The maximum absolute atomic E-state index is 14.6. The molecule has 0 amide bonds. The summed E-state index contributed by atoms with van der Waals surface area (Å²) in [4.78, 5) is 0.424. The molecule has 0 heterocycles. The zero-order chi connectivity index (χ0) is 14.6. The van der Waals surface area contributed by atoms with Crippen LogP contribution in [0, 0.1) is 0 Å². The highest BCUT2D eigenvalue weighted by Gasteiger charge is 2.41. The van der Waals surface area contributed by atoms with Crippen LogP contribution in [0.5, 0.6) is 0 Å². The quantitative estimate of drug-likeness (QED) is 0.646. The molecule has 0 spiro atoms. The van der Waals surface area contributed by atoms with Gasteiger partial charge in [-0.1, -0.05) is 53.7 Å². The summed E-state index contributed by atoms with van der Waals surface area (Å²) in [5.41, 5.74) is 0.539. The minimum Gasteiger partial charge on any atom is -0.225 e. The van der Waals surface area contributed by atoms with Crippen LogP contribution in [0.25, 0.3) is 0 Å². The lowest BCUT2D eigenvalue weighted by Gasteiger charge is -2.24. The van der Waals surface area contributed by atoms with Crippen LogP contribution in [-0.2, 0) is 6.42 Å². The highest BCUT2D eigenvalue weighted by molar-refractivity contribution is 8.00. The van der Waals surface area contributed by atoms with Crippen LogP contribution in [0.3, 0.4) is 0 Å². The molecule has 20 heavy (non-hydrogen) atoms. The van der Waals surface area contributed by atoms with Crippen molar-refractivity contribution in [3.8, 4) is 0 Å². The van der Waals surface area contributed by atoms with Crippen molar-refractivity contribution in [2.24, 2.45) is 0 Å². The van der Waals surface area contributed by atoms with Gasteiger partial charge in [0, 0.05) is 16.3 Å². The van der Waals surface area contributed by atoms with Gasteiger partial charge in [-0.15, -0.1) is 0 Å². The fraction of sp³-hybridized carbons (Fsp3) is 0.200. The van der Waals surface area contributed by atoms with E-state index in [1.165, 1.54) is 12.1 Å². The van der Waals surface area contributed by atoms with E-state index in [1.54, 1.807) is 42.5 Å². The molecule has 0 fully saturated rings. The third-order valence-electron chi connectivity index (χ3n) is 2.72. The van der Waals surface area contributed by atoms with Gasteiger partial charge in [0.1, 0.15) is 0 Å². The van der Waals surface area contributed by atoms with E-state index in [4.69, 9.17) is 11.6 Å². The molecule has 106 valence electrons. The van der Waals surface area contributed by atoms with Crippen molar-refractivity contribution in [1.29, 1.82) is 0 Å². The lowest BCUT2D eigenvalue weighted by molar-refractivity contribution is 0.0276. The molecule has 0 nitrogen and oxygen atoms in total. The van der Waals surface area contributed by atoms with Gasteiger partial charge in [0.15, 0.2) is 0 Å². The van der Waals surface area contributed by atoms with Crippen molar-refractivity contribution < 1.29 is 13.2 Å². The molecular formula is C15H12ClF3S. The highest BCUT2D eigenvalue weighted by Crippen LogP contribution is 2.41. The van der Waals surface area contributed by atoms with Crippen LogP contribution in [0.4, 0.5) is 13.2 Å². The van der Waals surface area contributed by atoms with Crippen molar-refractivity contribution in [2.45, 2.75) is 22.7 Å². The molecule has 5 heteroatoms. The number of hydrogen-bond acceptors (Lipinski definition) is 1. The van der Waals surface area contributed by atoms with Crippen molar-refractivity contribution in [3.05, 3.63) is 65.2 Å². The molecular weight excluding hydrogens is 305 g/mol. The summed E-state index contributed by atoms with van der Waals surface area (Å²) < 4.78 is 40.8. The van der Waals surface area contributed by atoms with Crippen LogP contribution in [0.15, 0.2) is 59.5 Å². The lowest BCUT2D eigenvalue weighted by Crippen LogP contribution is -2.30. The minimum absolute atomic E-state index is 0.348. The van der Waals surface area contributed by atoms with Crippen LogP contribution in [-0.4, -0.2) is 11.4 Å². The van der Waals surface area contributed by atoms with Crippen molar-refractivity contribution in [2.75, 3.05) is 0 Å². The Balaban J connectivity index is 2.19. The summed E-state index contributed by atoms with van der Waals surface area (Å²) in [6.45, 7) is 0. The second-order valence-electron chi connectivity index (χ2n) is 4.31. The topological polar surface area (TPSA) is 0 Å². The van der Waals surface area contributed by atoms with Crippen LogP contribution < -0.4 is 0 Å². The Hall–Kier alpha value is -1.13. The van der Waals surface area contributed by atoms with Gasteiger partial charge in [-0.05, 0) is 29.8 Å². The Morgan fingerprint density at radius 1 is 1.00 bits per heavy atom. The predicted molar refractivity (Wildman–Crippen MR) is 77.3 cm³/mol. The summed E-state index contributed by atoms with van der Waals surface area (Å²) >= 11 is 6.25. The van der Waals surface area contributed by atoms with E-state index in [0.717, 1.165) is 0 Å². The Bertz CT molecular complexity index is 545. The first-order valence-corrected chi connectivity index (χ1v) is 7.14. The van der Waals surface area contributed by atoms with Gasteiger partial charge in [-0.3, -0.25) is 0 Å². The summed E-state index contributed by atoms with van der Waals surface area (Å²) in [5, 5.41) is -2.17. The van der Waals surface area contributed by atoms with Gasteiger partial charge in [0.25, 0.3) is 6.43 Å². The maximum Gasteiger partial charge on any atom is 0.282 e. The summed E-state index contributed by atoms with van der Waals surface area (Å²) in [6, 6.07) is 14.6. The minimum atomic E-state index is -3.08. The number of halogens is 4. The molecule has 0 aliphatic heterocycles. The van der Waals surface area contributed by atoms with Gasteiger partial charge in [0.05, 0.1) is 0 Å². The second-order valence-corrected chi connectivity index (χ2v) is 6.10. The summed E-state index contributed by atoms with van der Waals surface area (Å²) in [7, 11) is 0. The van der Waals surface area contributed by atoms with Gasteiger partial charge in [-0.2, -0.15) is 0 Å². The molecule has 2 rings (SSSR count). The molecule has 0 radical (unpaired) electrons. The third-order valence-corrected chi connectivity index (χ3v) is 4.14. The first-order valence-electron chi connectivity index (χ1n) is 5.95. The SMILES string of the molecule is FC(F)C(F)(Cc1ccccc1)Sc1ccc(Cl)cc1. The fourth-order valence-corrected chi connectivity index (χ4v) is 2.85. The van der Waals surface area contributed by atoms with E-state index in [0.29, 0.717) is 27.2 Å². The Morgan fingerprint density at radius 2 is 1.60 bits per heavy atom. The van der Waals surface area contributed by atoms with E-state index in [9.17, 15) is 13.2 Å². The first-order chi connectivity index (χ1) is 9.49. The molecule has 0 saturated carbocycles. The zero-order valence-electron chi connectivity index (χ0n) is 10.4. The maximum atomic E-state index is 14.6. The second kappa shape index (κ2) is 6.55. The van der Waals surface area contributed by atoms with Gasteiger partial charge < -0.3 is 0 Å². The average Bonchev–Trinajstić information content (AvgIpc) is 2.42. The molecule has 1 atom stereocenters. The molecule has 0 N–H and O–H groups in total. The van der Waals surface area contributed by atoms with Crippen molar-refractivity contribution in [3.63, 3.8) is 0 Å². The van der Waals surface area contributed by atoms with E-state index < -0.39 is 11.4 Å². The van der Waals surface area contributed by atoms with E-state index >= 15 is 0 Å². The summed E-state index contributed by atoms with van der Waals surface area (Å²) in [6.07, 6.45) is -3.43. The lowest BCUT2D eigenvalue weighted by atomic mass is 10.1. The molecule has 0 aliphatic carbocycles. The monoisotopic (exact) mass is 316 g/mol. The predicted octanol–water partition coefficient (Wildman–Crippen LogP) is 5.61. The smallest absolute Gasteiger partial charge is 0.225 e. The van der Waals surface area contributed by atoms with Crippen molar-refractivity contribution >= 4 is 23.4 Å². The zero-order valence-corrected chi connectivity index (χ0v) is 12.0. The van der Waals surface area contributed by atoms with Crippen LogP contribution >= 0.6 is 23.4 Å². The van der Waals surface area contributed by atoms with Crippen LogP contribution in [0.2, 0.25) is 5.02 Å². The molecule has 1 unspecified atom stereocenters. The molecule has 0 aromatic heterocycles. The largest absolute Gasteiger partial charge is 0.282 e. The Morgan fingerprint density at radius 3 is 2.15 bits per heavy atom. The highest BCUT2D eigenvalue weighted by atomic mass is 35.5. The normalized spacial score (nSPS) is 14.2. The molecule has 2 aromatic rings. The number of alkyl halides is 3. The molecule has 0 saturated heterocycles. The van der Waals surface area contributed by atoms with Crippen LogP contribution in [0.1, 0.15) is 5.56 Å². The fourth-order valence-electron chi connectivity index (χ4n) is 1.73. The Labute approximate surface area is 125 Å².